The van der Waals surface area contributed by atoms with Crippen LogP contribution < -0.4 is 19.5 Å². The molecule has 29 heavy (non-hydrogen) atoms. The first-order valence-corrected chi connectivity index (χ1v) is 9.38. The minimum atomic E-state index is -1.17. The monoisotopic (exact) mass is 390 g/mol. The molecule has 1 unspecified atom stereocenters. The molecule has 1 atom stereocenters. The van der Waals surface area contributed by atoms with Crippen LogP contribution in [0.1, 0.15) is 27.2 Å². The molecule has 0 saturated heterocycles. The number of quaternary nitrogens is 1. The number of methoxy groups -OCH3 is 2. The van der Waals surface area contributed by atoms with Crippen molar-refractivity contribution in [2.75, 3.05) is 27.8 Å². The van der Waals surface area contributed by atoms with Gasteiger partial charge in [0.1, 0.15) is 24.6 Å². The summed E-state index contributed by atoms with van der Waals surface area (Å²) < 4.78 is 10.7. The van der Waals surface area contributed by atoms with Crippen LogP contribution in [-0.2, 0) is 6.54 Å². The average molecular weight is 390 g/mol. The number of carboxylic acid groups (broad SMARTS) is 1. The lowest BCUT2D eigenvalue weighted by Crippen LogP contribution is -3.08. The number of aromatic carboxylic acids is 1. The fourth-order valence-corrected chi connectivity index (χ4v) is 3.93. The van der Waals surface area contributed by atoms with Crippen LogP contribution >= 0.6 is 0 Å². The number of likely N-dealkylation sites (N-methyl/N-ethyl adjacent to an activating group) is 1. The molecule has 2 aromatic carbocycles. The number of benzene rings is 2. The van der Waals surface area contributed by atoms with Crippen molar-refractivity contribution in [3.63, 3.8) is 0 Å². The summed E-state index contributed by atoms with van der Waals surface area (Å²) in [5, 5.41) is 12.6. The second kappa shape index (κ2) is 7.56. The summed E-state index contributed by atoms with van der Waals surface area (Å²) in [6.07, 6.45) is 2.02. The molecule has 6 nitrogen and oxygen atoms in total. The summed E-state index contributed by atoms with van der Waals surface area (Å²) in [4.78, 5) is 18.0. The van der Waals surface area contributed by atoms with Gasteiger partial charge in [-0.2, -0.15) is 0 Å². The molecule has 0 radical (unpaired) electrons. The Morgan fingerprint density at radius 1 is 1.10 bits per heavy atom. The van der Waals surface area contributed by atoms with Gasteiger partial charge in [-0.15, -0.1) is 0 Å². The molecule has 0 spiro atoms. The molecule has 1 aliphatic heterocycles. The fraction of sp³-hybridized carbons (Fsp3) is 0.217. The number of ether oxygens (including phenoxy) is 2. The molecule has 1 aromatic heterocycles. The first-order valence-electron chi connectivity index (χ1n) is 9.38. The van der Waals surface area contributed by atoms with Crippen molar-refractivity contribution in [3.05, 3.63) is 64.8 Å². The highest BCUT2D eigenvalue weighted by molar-refractivity contribution is 6.05. The largest absolute Gasteiger partial charge is 0.545 e. The highest BCUT2D eigenvalue weighted by atomic mass is 16.5. The van der Waals surface area contributed by atoms with Gasteiger partial charge in [0.05, 0.1) is 38.4 Å². The van der Waals surface area contributed by atoms with Gasteiger partial charge in [-0.25, -0.2) is 4.98 Å². The summed E-state index contributed by atoms with van der Waals surface area (Å²) in [6, 6.07) is 12.9. The van der Waals surface area contributed by atoms with Crippen molar-refractivity contribution in [3.8, 4) is 11.5 Å². The van der Waals surface area contributed by atoms with Gasteiger partial charge in [-0.1, -0.05) is 18.2 Å². The van der Waals surface area contributed by atoms with Crippen molar-refractivity contribution < 1.29 is 24.3 Å². The highest BCUT2D eigenvalue weighted by Crippen LogP contribution is 2.31. The van der Waals surface area contributed by atoms with Crippen molar-refractivity contribution in [2.24, 2.45) is 0 Å². The first-order chi connectivity index (χ1) is 14.0. The van der Waals surface area contributed by atoms with Gasteiger partial charge in [0.15, 0.2) is 0 Å². The number of hydrogen-bond donors (Lipinski definition) is 1. The topological polar surface area (TPSA) is 75.9 Å². The molecule has 0 saturated carbocycles. The number of carboxylic acids is 1. The Bertz CT molecular complexity index is 1110. The number of rotatable bonds is 4. The Kier molecular flexibility index (Phi) is 4.94. The van der Waals surface area contributed by atoms with Crippen LogP contribution in [0, 0.1) is 0 Å². The lowest BCUT2D eigenvalue weighted by atomic mass is 9.92. The number of hydrogen-bond acceptors (Lipinski definition) is 5. The van der Waals surface area contributed by atoms with Crippen LogP contribution in [0.2, 0.25) is 0 Å². The van der Waals surface area contributed by atoms with Gasteiger partial charge < -0.3 is 24.3 Å². The van der Waals surface area contributed by atoms with Crippen LogP contribution in [0.3, 0.4) is 0 Å². The van der Waals surface area contributed by atoms with E-state index in [2.05, 4.69) is 0 Å². The Labute approximate surface area is 169 Å². The lowest BCUT2D eigenvalue weighted by molar-refractivity contribution is -0.887. The van der Waals surface area contributed by atoms with Crippen LogP contribution in [0.4, 0.5) is 0 Å². The summed E-state index contributed by atoms with van der Waals surface area (Å²) in [7, 11) is 5.26. The molecular formula is C23H22N2O4. The Morgan fingerprint density at radius 3 is 2.45 bits per heavy atom. The third kappa shape index (κ3) is 3.54. The molecular weight excluding hydrogens is 368 g/mol. The molecule has 0 bridgehead atoms. The van der Waals surface area contributed by atoms with Crippen molar-refractivity contribution in [1.82, 2.24) is 4.98 Å². The van der Waals surface area contributed by atoms with E-state index < -0.39 is 5.97 Å². The maximum Gasteiger partial charge on any atom is 0.123 e. The van der Waals surface area contributed by atoms with Crippen LogP contribution in [0.15, 0.2) is 42.5 Å². The van der Waals surface area contributed by atoms with E-state index in [1.165, 1.54) is 4.90 Å². The molecule has 1 N–H and O–H groups in total. The minimum Gasteiger partial charge on any atom is -0.545 e. The van der Waals surface area contributed by atoms with Crippen molar-refractivity contribution >= 4 is 28.5 Å². The number of para-hydroxylation sites is 1. The molecule has 0 amide bonds. The number of pyridine rings is 1. The third-order valence-electron chi connectivity index (χ3n) is 5.19. The second-order valence-corrected chi connectivity index (χ2v) is 7.24. The van der Waals surface area contributed by atoms with E-state index in [1.807, 2.05) is 49.5 Å². The predicted molar refractivity (Wildman–Crippen MR) is 109 cm³/mol. The molecule has 2 heterocycles. The van der Waals surface area contributed by atoms with E-state index in [0.29, 0.717) is 34.5 Å². The Balaban J connectivity index is 1.95. The van der Waals surface area contributed by atoms with E-state index in [9.17, 15) is 9.90 Å². The van der Waals surface area contributed by atoms with E-state index in [4.69, 9.17) is 14.5 Å². The highest BCUT2D eigenvalue weighted by Gasteiger charge is 2.27. The van der Waals surface area contributed by atoms with Gasteiger partial charge in [0.25, 0.3) is 0 Å². The first kappa shape index (κ1) is 19.0. The normalized spacial score (nSPS) is 17.2. The summed E-state index contributed by atoms with van der Waals surface area (Å²) in [5.74, 6) is 0.210. The van der Waals surface area contributed by atoms with Gasteiger partial charge in [0.2, 0.25) is 0 Å². The number of nitrogens with one attached hydrogen (secondary N) is 1. The van der Waals surface area contributed by atoms with Crippen molar-refractivity contribution in [1.29, 1.82) is 0 Å². The van der Waals surface area contributed by atoms with Gasteiger partial charge in [-0.3, -0.25) is 0 Å². The number of carbonyl (C=O) groups excluding carboxylic acids is 1. The lowest BCUT2D eigenvalue weighted by Gasteiger charge is -2.27. The standard InChI is InChI=1S/C23H22N2O4/c1-25-12-15(8-14-9-16(28-2)11-17(10-14)29-3)22-19(13-25)21(23(26)27)18-6-4-5-7-20(18)24-22/h4-11H,12-13H2,1-3H3,(H,26,27)/b15-8+. The molecule has 3 aromatic rings. The van der Waals surface area contributed by atoms with E-state index in [1.54, 1.807) is 20.3 Å². The Hall–Kier alpha value is -3.38. The van der Waals surface area contributed by atoms with E-state index in [0.717, 1.165) is 23.4 Å². The second-order valence-electron chi connectivity index (χ2n) is 7.24. The van der Waals surface area contributed by atoms with Gasteiger partial charge in [-0.05, 0) is 29.8 Å². The Morgan fingerprint density at radius 2 is 1.79 bits per heavy atom. The van der Waals surface area contributed by atoms with E-state index in [-0.39, 0.29) is 5.56 Å². The number of carbonyl (C=O) groups is 1. The van der Waals surface area contributed by atoms with Crippen LogP contribution in [-0.4, -0.2) is 38.8 Å². The third-order valence-corrected chi connectivity index (χ3v) is 5.19. The maximum atomic E-state index is 12.0. The molecule has 0 aliphatic carbocycles. The smallest absolute Gasteiger partial charge is 0.123 e. The molecule has 4 rings (SSSR count). The maximum absolute atomic E-state index is 12.0. The minimum absolute atomic E-state index is 0.235. The SMILES string of the molecule is COc1cc(/C=C2\C[NH+](C)Cc3c2nc2ccccc2c3C(=O)[O-])cc(OC)c1. The molecule has 148 valence electrons. The molecule has 1 aliphatic rings. The van der Waals surface area contributed by atoms with Crippen molar-refractivity contribution in [2.45, 2.75) is 6.54 Å². The predicted octanol–water partition coefficient (Wildman–Crippen LogP) is 1.18. The van der Waals surface area contributed by atoms with E-state index >= 15 is 0 Å². The summed E-state index contributed by atoms with van der Waals surface area (Å²) >= 11 is 0. The average Bonchev–Trinajstić information content (AvgIpc) is 2.71. The van der Waals surface area contributed by atoms with Gasteiger partial charge in [0, 0.05) is 28.2 Å². The number of fused-ring (bicyclic) bond motifs is 2. The number of nitrogens with zero attached hydrogens (tertiary/aromatic N) is 1. The zero-order valence-electron chi connectivity index (χ0n) is 16.6. The molecule has 6 heteroatoms. The zero-order chi connectivity index (χ0) is 20.5. The zero-order valence-corrected chi connectivity index (χ0v) is 16.6. The number of aromatic nitrogens is 1. The van der Waals surface area contributed by atoms with Crippen LogP contribution in [0.25, 0.3) is 22.6 Å². The summed E-state index contributed by atoms with van der Waals surface area (Å²) in [5.41, 5.74) is 4.19. The fourth-order valence-electron chi connectivity index (χ4n) is 3.93. The van der Waals surface area contributed by atoms with Gasteiger partial charge >= 0.3 is 0 Å². The molecule has 0 fully saturated rings. The summed E-state index contributed by atoms with van der Waals surface area (Å²) in [6.45, 7) is 1.31. The van der Waals surface area contributed by atoms with Crippen LogP contribution in [0.5, 0.6) is 11.5 Å². The quantitative estimate of drug-likeness (QED) is 0.724.